The molecule has 21 heavy (non-hydrogen) atoms. The fourth-order valence-electron chi connectivity index (χ4n) is 2.95. The van der Waals surface area contributed by atoms with Crippen molar-refractivity contribution in [2.75, 3.05) is 13.2 Å². The number of benzene rings is 1. The van der Waals surface area contributed by atoms with E-state index >= 15 is 0 Å². The molecule has 0 fully saturated rings. The summed E-state index contributed by atoms with van der Waals surface area (Å²) < 4.78 is 5.67. The van der Waals surface area contributed by atoms with Gasteiger partial charge in [-0.15, -0.1) is 0 Å². The third-order valence-electron chi connectivity index (χ3n) is 3.95. The van der Waals surface area contributed by atoms with Gasteiger partial charge < -0.3 is 15.0 Å². The van der Waals surface area contributed by atoms with Gasteiger partial charge in [-0.3, -0.25) is 0 Å². The second-order valence-corrected chi connectivity index (χ2v) is 5.43. The number of H-pyrrole nitrogens is 1. The Hall–Kier alpha value is -1.48. The van der Waals surface area contributed by atoms with Gasteiger partial charge in [-0.05, 0) is 56.5 Å². The van der Waals surface area contributed by atoms with E-state index in [-0.39, 0.29) is 0 Å². The highest BCUT2D eigenvalue weighted by Gasteiger charge is 2.18. The molecule has 3 nitrogen and oxygen atoms in total. The largest absolute Gasteiger partial charge is 0.494 e. The number of nitrogens with one attached hydrogen (secondary N) is 2. The number of hydrogen-bond donors (Lipinski definition) is 2. The average Bonchev–Trinajstić information content (AvgIpc) is 2.87. The van der Waals surface area contributed by atoms with Crippen LogP contribution in [-0.4, -0.2) is 18.1 Å². The monoisotopic (exact) mass is 288 g/mol. The minimum atomic E-state index is 0.408. The first-order valence-corrected chi connectivity index (χ1v) is 8.25. The summed E-state index contributed by atoms with van der Waals surface area (Å²) in [5.74, 6) is 0.957. The molecule has 3 heteroatoms. The predicted molar refractivity (Wildman–Crippen MR) is 90.2 cm³/mol. The van der Waals surface area contributed by atoms with Crippen LogP contribution in [0.3, 0.4) is 0 Å². The standard InChI is InChI=1S/C18H28N2O/c1-5-11-19-15(6-2)18-14-12-13(21-8-4)9-10-17(14)20-16(18)7-3/h9-10,12,15,19-20H,5-8,11H2,1-4H3. The Morgan fingerprint density at radius 1 is 1.19 bits per heavy atom. The number of fused-ring (bicyclic) bond motifs is 1. The normalized spacial score (nSPS) is 12.8. The first kappa shape index (κ1) is 15.9. The van der Waals surface area contributed by atoms with E-state index in [2.05, 4.69) is 43.2 Å². The van der Waals surface area contributed by atoms with E-state index in [1.54, 1.807) is 0 Å². The van der Waals surface area contributed by atoms with Crippen LogP contribution in [-0.2, 0) is 6.42 Å². The van der Waals surface area contributed by atoms with Crippen LogP contribution in [0.2, 0.25) is 0 Å². The van der Waals surface area contributed by atoms with Crippen LogP contribution in [0.5, 0.6) is 5.75 Å². The quantitative estimate of drug-likeness (QED) is 0.746. The van der Waals surface area contributed by atoms with Crippen molar-refractivity contribution in [1.29, 1.82) is 0 Å². The molecule has 1 aromatic carbocycles. The summed E-state index contributed by atoms with van der Waals surface area (Å²) in [7, 11) is 0. The van der Waals surface area contributed by atoms with E-state index in [1.165, 1.54) is 22.2 Å². The van der Waals surface area contributed by atoms with Gasteiger partial charge in [0.2, 0.25) is 0 Å². The number of hydrogen-bond acceptors (Lipinski definition) is 2. The number of rotatable bonds is 8. The summed E-state index contributed by atoms with van der Waals surface area (Å²) in [6.07, 6.45) is 3.28. The van der Waals surface area contributed by atoms with Crippen molar-refractivity contribution < 1.29 is 4.74 Å². The highest BCUT2D eigenvalue weighted by atomic mass is 16.5. The minimum Gasteiger partial charge on any atom is -0.494 e. The number of aromatic nitrogens is 1. The van der Waals surface area contributed by atoms with Crippen molar-refractivity contribution in [3.63, 3.8) is 0 Å². The second-order valence-electron chi connectivity index (χ2n) is 5.43. The highest BCUT2D eigenvalue weighted by molar-refractivity contribution is 5.86. The van der Waals surface area contributed by atoms with Gasteiger partial charge in [0.15, 0.2) is 0 Å². The van der Waals surface area contributed by atoms with Crippen LogP contribution in [0.25, 0.3) is 10.9 Å². The third kappa shape index (κ3) is 3.41. The zero-order chi connectivity index (χ0) is 15.2. The molecule has 0 spiro atoms. The van der Waals surface area contributed by atoms with Gasteiger partial charge in [-0.2, -0.15) is 0 Å². The Morgan fingerprint density at radius 2 is 2.00 bits per heavy atom. The molecule has 1 aromatic heterocycles. The lowest BCUT2D eigenvalue weighted by molar-refractivity contribution is 0.340. The third-order valence-corrected chi connectivity index (χ3v) is 3.95. The number of aromatic amines is 1. The molecule has 2 N–H and O–H groups in total. The maximum absolute atomic E-state index is 5.67. The Kier molecular flexibility index (Phi) is 5.68. The lowest BCUT2D eigenvalue weighted by atomic mass is 9.99. The topological polar surface area (TPSA) is 37.0 Å². The van der Waals surface area contributed by atoms with Crippen LogP contribution in [0.15, 0.2) is 18.2 Å². The summed E-state index contributed by atoms with van der Waals surface area (Å²) in [5, 5.41) is 4.98. The molecule has 0 bridgehead atoms. The van der Waals surface area contributed by atoms with E-state index in [0.29, 0.717) is 12.6 Å². The number of ether oxygens (including phenoxy) is 1. The SMILES string of the molecule is CCCNC(CC)c1c(CC)[nH]c2ccc(OCC)cc12. The summed E-state index contributed by atoms with van der Waals surface area (Å²) in [4.78, 5) is 3.58. The Balaban J connectivity index is 2.48. The molecule has 0 saturated carbocycles. The van der Waals surface area contributed by atoms with Crippen LogP contribution in [0.4, 0.5) is 0 Å². The van der Waals surface area contributed by atoms with Gasteiger partial charge in [-0.1, -0.05) is 20.8 Å². The van der Waals surface area contributed by atoms with E-state index in [4.69, 9.17) is 4.74 Å². The van der Waals surface area contributed by atoms with Crippen LogP contribution in [0, 0.1) is 0 Å². The van der Waals surface area contributed by atoms with Crippen molar-refractivity contribution in [3.8, 4) is 5.75 Å². The Bertz CT molecular complexity index is 574. The van der Waals surface area contributed by atoms with Gasteiger partial charge in [0, 0.05) is 22.6 Å². The van der Waals surface area contributed by atoms with Crippen molar-refractivity contribution in [2.45, 2.75) is 53.0 Å². The molecule has 0 radical (unpaired) electrons. The smallest absolute Gasteiger partial charge is 0.120 e. The summed E-state index contributed by atoms with van der Waals surface area (Å²) >= 11 is 0. The molecule has 0 aliphatic rings. The van der Waals surface area contributed by atoms with Crippen LogP contribution in [0.1, 0.15) is 57.8 Å². The van der Waals surface area contributed by atoms with Gasteiger partial charge in [-0.25, -0.2) is 0 Å². The maximum atomic E-state index is 5.67. The summed E-state index contributed by atoms with van der Waals surface area (Å²) in [6, 6.07) is 6.77. The summed E-state index contributed by atoms with van der Waals surface area (Å²) in [5.41, 5.74) is 3.97. The van der Waals surface area contributed by atoms with E-state index in [0.717, 1.165) is 31.6 Å². The van der Waals surface area contributed by atoms with Crippen molar-refractivity contribution in [3.05, 3.63) is 29.5 Å². The fraction of sp³-hybridized carbons (Fsp3) is 0.556. The lowest BCUT2D eigenvalue weighted by Crippen LogP contribution is -2.22. The Labute approximate surface area is 128 Å². The minimum absolute atomic E-state index is 0.408. The molecule has 2 aromatic rings. The van der Waals surface area contributed by atoms with Crippen LogP contribution >= 0.6 is 0 Å². The predicted octanol–water partition coefficient (Wildman–Crippen LogP) is 4.58. The molecular formula is C18H28N2O. The van der Waals surface area contributed by atoms with E-state index in [9.17, 15) is 0 Å². The van der Waals surface area contributed by atoms with Gasteiger partial charge in [0.1, 0.15) is 5.75 Å². The number of aryl methyl sites for hydroxylation is 1. The van der Waals surface area contributed by atoms with Crippen molar-refractivity contribution in [2.24, 2.45) is 0 Å². The Morgan fingerprint density at radius 3 is 2.62 bits per heavy atom. The van der Waals surface area contributed by atoms with E-state index in [1.807, 2.05) is 13.0 Å². The molecule has 0 saturated heterocycles. The molecule has 116 valence electrons. The van der Waals surface area contributed by atoms with Crippen LogP contribution < -0.4 is 10.1 Å². The average molecular weight is 288 g/mol. The van der Waals surface area contributed by atoms with Gasteiger partial charge >= 0.3 is 0 Å². The summed E-state index contributed by atoms with van der Waals surface area (Å²) in [6.45, 7) is 10.5. The van der Waals surface area contributed by atoms with Gasteiger partial charge in [0.05, 0.1) is 6.61 Å². The molecule has 0 aliphatic heterocycles. The molecule has 1 heterocycles. The first-order valence-electron chi connectivity index (χ1n) is 8.25. The van der Waals surface area contributed by atoms with E-state index < -0.39 is 0 Å². The van der Waals surface area contributed by atoms with Crippen molar-refractivity contribution >= 4 is 10.9 Å². The zero-order valence-electron chi connectivity index (χ0n) is 13.8. The maximum Gasteiger partial charge on any atom is 0.120 e. The molecule has 1 atom stereocenters. The van der Waals surface area contributed by atoms with Crippen molar-refractivity contribution in [1.82, 2.24) is 10.3 Å². The zero-order valence-corrected chi connectivity index (χ0v) is 13.8. The highest BCUT2D eigenvalue weighted by Crippen LogP contribution is 2.32. The molecular weight excluding hydrogens is 260 g/mol. The first-order chi connectivity index (χ1) is 10.2. The van der Waals surface area contributed by atoms with Gasteiger partial charge in [0.25, 0.3) is 0 Å². The fourth-order valence-corrected chi connectivity index (χ4v) is 2.95. The second kappa shape index (κ2) is 7.51. The molecule has 0 amide bonds. The molecule has 2 rings (SSSR count). The molecule has 1 unspecified atom stereocenters. The lowest BCUT2D eigenvalue weighted by Gasteiger charge is -2.18. The molecule has 0 aliphatic carbocycles.